The molecule has 3 heteroatoms. The van der Waals surface area contributed by atoms with Gasteiger partial charge in [0.05, 0.1) is 5.52 Å². The third-order valence-corrected chi connectivity index (χ3v) is 3.14. The minimum absolute atomic E-state index is 0.706. The molecule has 100 valence electrons. The molecule has 0 saturated heterocycles. The van der Waals surface area contributed by atoms with E-state index in [1.165, 1.54) is 0 Å². The van der Waals surface area contributed by atoms with Crippen LogP contribution in [0.2, 0.25) is 0 Å². The molecule has 0 amide bonds. The standard InChI is InChI=1S/C17H16N2O/c1-11-4-3-5-14(8-11)20-17-9-12(2)19-16-7-6-13(18)10-15(16)17/h3-10H,18H2,1-2H3. The van der Waals surface area contributed by atoms with Crippen molar-refractivity contribution in [1.82, 2.24) is 4.98 Å². The van der Waals surface area contributed by atoms with Crippen LogP contribution in [0.3, 0.4) is 0 Å². The summed E-state index contributed by atoms with van der Waals surface area (Å²) in [6.45, 7) is 4.00. The van der Waals surface area contributed by atoms with E-state index in [-0.39, 0.29) is 0 Å². The Kier molecular flexibility index (Phi) is 3.03. The normalized spacial score (nSPS) is 10.7. The Bertz CT molecular complexity index is 781. The van der Waals surface area contributed by atoms with E-state index in [1.807, 2.05) is 62.4 Å². The largest absolute Gasteiger partial charge is 0.457 e. The molecule has 0 aliphatic heterocycles. The van der Waals surface area contributed by atoms with Crippen molar-refractivity contribution in [2.45, 2.75) is 13.8 Å². The monoisotopic (exact) mass is 264 g/mol. The third-order valence-electron chi connectivity index (χ3n) is 3.14. The lowest BCUT2D eigenvalue weighted by atomic mass is 10.1. The van der Waals surface area contributed by atoms with Gasteiger partial charge in [-0.05, 0) is 49.7 Å². The lowest BCUT2D eigenvalue weighted by Crippen LogP contribution is -1.92. The van der Waals surface area contributed by atoms with Crippen molar-refractivity contribution in [3.63, 3.8) is 0 Å². The molecule has 0 spiro atoms. The molecule has 2 N–H and O–H groups in total. The van der Waals surface area contributed by atoms with Gasteiger partial charge < -0.3 is 10.5 Å². The van der Waals surface area contributed by atoms with Gasteiger partial charge in [0.1, 0.15) is 11.5 Å². The Hall–Kier alpha value is -2.55. The second-order valence-corrected chi connectivity index (χ2v) is 4.96. The molecule has 0 saturated carbocycles. The first kappa shape index (κ1) is 12.5. The number of pyridine rings is 1. The molecule has 0 aliphatic rings. The average Bonchev–Trinajstić information content (AvgIpc) is 2.39. The minimum atomic E-state index is 0.706. The second-order valence-electron chi connectivity index (χ2n) is 4.96. The van der Waals surface area contributed by atoms with E-state index < -0.39 is 0 Å². The van der Waals surface area contributed by atoms with E-state index in [0.29, 0.717) is 5.69 Å². The molecule has 2 aromatic carbocycles. The molecular weight excluding hydrogens is 248 g/mol. The fourth-order valence-electron chi connectivity index (χ4n) is 2.23. The van der Waals surface area contributed by atoms with Crippen LogP contribution in [-0.4, -0.2) is 4.98 Å². The molecular formula is C17H16N2O. The first-order valence-corrected chi connectivity index (χ1v) is 6.53. The van der Waals surface area contributed by atoms with Crippen LogP contribution in [0.4, 0.5) is 5.69 Å². The molecule has 0 bridgehead atoms. The van der Waals surface area contributed by atoms with Crippen molar-refractivity contribution >= 4 is 16.6 Å². The first-order valence-electron chi connectivity index (χ1n) is 6.53. The highest BCUT2D eigenvalue weighted by atomic mass is 16.5. The van der Waals surface area contributed by atoms with Crippen molar-refractivity contribution in [3.05, 3.63) is 59.8 Å². The number of fused-ring (bicyclic) bond motifs is 1. The summed E-state index contributed by atoms with van der Waals surface area (Å²) in [6, 6.07) is 15.6. The molecule has 1 heterocycles. The molecule has 1 aromatic heterocycles. The van der Waals surface area contributed by atoms with Gasteiger partial charge in [0, 0.05) is 22.8 Å². The predicted octanol–water partition coefficient (Wildman–Crippen LogP) is 4.23. The van der Waals surface area contributed by atoms with Gasteiger partial charge in [-0.25, -0.2) is 0 Å². The number of aryl methyl sites for hydroxylation is 2. The number of hydrogen-bond donors (Lipinski definition) is 1. The highest BCUT2D eigenvalue weighted by Crippen LogP contribution is 2.31. The Morgan fingerprint density at radius 3 is 2.65 bits per heavy atom. The van der Waals surface area contributed by atoms with Crippen molar-refractivity contribution in [2.24, 2.45) is 0 Å². The number of anilines is 1. The third kappa shape index (κ3) is 2.43. The Morgan fingerprint density at radius 2 is 1.85 bits per heavy atom. The van der Waals surface area contributed by atoms with Crippen LogP contribution < -0.4 is 10.5 Å². The van der Waals surface area contributed by atoms with Gasteiger partial charge in [0.25, 0.3) is 0 Å². The number of aromatic nitrogens is 1. The Labute approximate surface area is 118 Å². The van der Waals surface area contributed by atoms with Crippen LogP contribution in [0, 0.1) is 13.8 Å². The van der Waals surface area contributed by atoms with Crippen LogP contribution in [0.15, 0.2) is 48.5 Å². The smallest absolute Gasteiger partial charge is 0.138 e. The van der Waals surface area contributed by atoms with Crippen LogP contribution in [0.5, 0.6) is 11.5 Å². The summed E-state index contributed by atoms with van der Waals surface area (Å²) < 4.78 is 6.01. The summed E-state index contributed by atoms with van der Waals surface area (Å²) >= 11 is 0. The van der Waals surface area contributed by atoms with Gasteiger partial charge in [-0.2, -0.15) is 0 Å². The molecule has 0 atom stereocenters. The average molecular weight is 264 g/mol. The summed E-state index contributed by atoms with van der Waals surface area (Å²) in [5, 5.41) is 0.928. The van der Waals surface area contributed by atoms with E-state index >= 15 is 0 Å². The molecule has 0 fully saturated rings. The van der Waals surface area contributed by atoms with Gasteiger partial charge >= 0.3 is 0 Å². The Balaban J connectivity index is 2.12. The number of hydrogen-bond acceptors (Lipinski definition) is 3. The lowest BCUT2D eigenvalue weighted by Gasteiger charge is -2.11. The summed E-state index contributed by atoms with van der Waals surface area (Å²) in [5.74, 6) is 1.60. The van der Waals surface area contributed by atoms with Crippen LogP contribution in [-0.2, 0) is 0 Å². The fraction of sp³-hybridized carbons (Fsp3) is 0.118. The SMILES string of the molecule is Cc1cccc(Oc2cc(C)nc3ccc(N)cc23)c1. The van der Waals surface area contributed by atoms with Crippen molar-refractivity contribution in [2.75, 3.05) is 5.73 Å². The number of nitrogen functional groups attached to an aromatic ring is 1. The van der Waals surface area contributed by atoms with E-state index in [9.17, 15) is 0 Å². The Morgan fingerprint density at radius 1 is 1.00 bits per heavy atom. The van der Waals surface area contributed by atoms with Crippen molar-refractivity contribution in [3.8, 4) is 11.5 Å². The summed E-state index contributed by atoms with van der Waals surface area (Å²) in [6.07, 6.45) is 0. The zero-order chi connectivity index (χ0) is 14.1. The van der Waals surface area contributed by atoms with E-state index in [2.05, 4.69) is 4.98 Å². The number of benzene rings is 2. The molecule has 0 aliphatic carbocycles. The number of nitrogens with zero attached hydrogens (tertiary/aromatic N) is 1. The van der Waals surface area contributed by atoms with Gasteiger partial charge in [-0.3, -0.25) is 4.98 Å². The van der Waals surface area contributed by atoms with Gasteiger partial charge in [0.15, 0.2) is 0 Å². The zero-order valence-corrected chi connectivity index (χ0v) is 11.6. The second kappa shape index (κ2) is 4.85. The fourth-order valence-corrected chi connectivity index (χ4v) is 2.23. The van der Waals surface area contributed by atoms with Crippen LogP contribution in [0.1, 0.15) is 11.3 Å². The molecule has 20 heavy (non-hydrogen) atoms. The highest BCUT2D eigenvalue weighted by molar-refractivity contribution is 5.88. The number of nitrogens with two attached hydrogens (primary N) is 1. The van der Waals surface area contributed by atoms with Gasteiger partial charge in [-0.15, -0.1) is 0 Å². The summed E-state index contributed by atoms with van der Waals surface area (Å²) in [5.41, 5.74) is 9.55. The van der Waals surface area contributed by atoms with Crippen molar-refractivity contribution in [1.29, 1.82) is 0 Å². The minimum Gasteiger partial charge on any atom is -0.457 e. The molecule has 0 unspecified atom stereocenters. The van der Waals surface area contributed by atoms with E-state index in [1.54, 1.807) is 0 Å². The summed E-state index contributed by atoms with van der Waals surface area (Å²) in [7, 11) is 0. The van der Waals surface area contributed by atoms with E-state index in [0.717, 1.165) is 33.7 Å². The van der Waals surface area contributed by atoms with Crippen LogP contribution in [0.25, 0.3) is 10.9 Å². The molecule has 3 aromatic rings. The first-order chi connectivity index (χ1) is 9.61. The van der Waals surface area contributed by atoms with Crippen LogP contribution >= 0.6 is 0 Å². The topological polar surface area (TPSA) is 48.1 Å². The highest BCUT2D eigenvalue weighted by Gasteiger charge is 2.07. The molecule has 3 nitrogen and oxygen atoms in total. The molecule has 0 radical (unpaired) electrons. The zero-order valence-electron chi connectivity index (χ0n) is 11.6. The quantitative estimate of drug-likeness (QED) is 0.705. The predicted molar refractivity (Wildman–Crippen MR) is 82.1 cm³/mol. The maximum absolute atomic E-state index is 6.01. The maximum Gasteiger partial charge on any atom is 0.138 e. The van der Waals surface area contributed by atoms with Gasteiger partial charge in [-0.1, -0.05) is 12.1 Å². The van der Waals surface area contributed by atoms with Gasteiger partial charge in [0.2, 0.25) is 0 Å². The van der Waals surface area contributed by atoms with Crippen molar-refractivity contribution < 1.29 is 4.74 Å². The number of rotatable bonds is 2. The summed E-state index contributed by atoms with van der Waals surface area (Å²) in [4.78, 5) is 4.50. The lowest BCUT2D eigenvalue weighted by molar-refractivity contribution is 0.487. The van der Waals surface area contributed by atoms with E-state index in [4.69, 9.17) is 10.5 Å². The number of ether oxygens (including phenoxy) is 1. The maximum atomic E-state index is 6.01. The molecule has 3 rings (SSSR count).